The Morgan fingerprint density at radius 3 is 3.21 bits per heavy atom. The lowest BCUT2D eigenvalue weighted by atomic mass is 9.92. The molecule has 0 bridgehead atoms. The molecule has 1 aliphatic rings. The number of benzene rings is 1. The van der Waals surface area contributed by atoms with Crippen molar-refractivity contribution in [1.82, 2.24) is 15.5 Å². The number of hydrogen-bond donors (Lipinski definition) is 2. The number of aromatic amines is 1. The maximum atomic E-state index is 13.2. The van der Waals surface area contributed by atoms with E-state index in [2.05, 4.69) is 22.4 Å². The third kappa shape index (κ3) is 2.68. The van der Waals surface area contributed by atoms with Crippen molar-refractivity contribution in [3.8, 4) is 0 Å². The van der Waals surface area contributed by atoms with Gasteiger partial charge in [-0.1, -0.05) is 12.1 Å². The largest absolute Gasteiger partial charge is 0.307 e. The summed E-state index contributed by atoms with van der Waals surface area (Å²) in [6.45, 7) is 2.08. The predicted molar refractivity (Wildman–Crippen MR) is 72.4 cm³/mol. The van der Waals surface area contributed by atoms with Crippen molar-refractivity contribution in [2.24, 2.45) is 0 Å². The predicted octanol–water partition coefficient (Wildman–Crippen LogP) is 2.76. The van der Waals surface area contributed by atoms with Crippen LogP contribution >= 0.6 is 0 Å². The summed E-state index contributed by atoms with van der Waals surface area (Å²) in [7, 11) is 0. The van der Waals surface area contributed by atoms with Crippen LogP contribution in [0.5, 0.6) is 0 Å². The van der Waals surface area contributed by atoms with Crippen molar-refractivity contribution in [2.45, 2.75) is 38.3 Å². The van der Waals surface area contributed by atoms with E-state index in [1.165, 1.54) is 17.3 Å². The minimum atomic E-state index is -0.174. The van der Waals surface area contributed by atoms with Gasteiger partial charge in [0.1, 0.15) is 5.82 Å². The standard InChI is InChI=1S/C15H18FN3/c1-10(11-3-2-4-13(16)7-11)18-14-5-6-15-12(8-14)9-17-19-15/h2-4,7,9-10,14,18H,5-6,8H2,1H3,(H,17,19)/t10-,14-/m1/s1. The van der Waals surface area contributed by atoms with Gasteiger partial charge in [-0.25, -0.2) is 4.39 Å². The summed E-state index contributed by atoms with van der Waals surface area (Å²) >= 11 is 0. The molecule has 0 saturated heterocycles. The molecule has 3 rings (SSSR count). The second-order valence-electron chi connectivity index (χ2n) is 5.26. The number of nitrogens with one attached hydrogen (secondary N) is 2. The van der Waals surface area contributed by atoms with Gasteiger partial charge in [-0.05, 0) is 49.4 Å². The van der Waals surface area contributed by atoms with Gasteiger partial charge in [0.25, 0.3) is 0 Å². The normalized spacial score (nSPS) is 20.0. The Hall–Kier alpha value is -1.68. The molecule has 1 aromatic carbocycles. The molecule has 1 heterocycles. The highest BCUT2D eigenvalue weighted by Gasteiger charge is 2.21. The summed E-state index contributed by atoms with van der Waals surface area (Å²) in [6, 6.07) is 7.40. The molecule has 2 N–H and O–H groups in total. The number of aryl methyl sites for hydroxylation is 1. The molecule has 2 atom stereocenters. The highest BCUT2D eigenvalue weighted by molar-refractivity contribution is 5.23. The highest BCUT2D eigenvalue weighted by atomic mass is 19.1. The molecule has 19 heavy (non-hydrogen) atoms. The van der Waals surface area contributed by atoms with Crippen LogP contribution in [-0.4, -0.2) is 16.2 Å². The number of H-pyrrole nitrogens is 1. The Morgan fingerprint density at radius 2 is 2.37 bits per heavy atom. The number of fused-ring (bicyclic) bond motifs is 1. The van der Waals surface area contributed by atoms with Crippen LogP contribution < -0.4 is 5.32 Å². The first-order valence-electron chi connectivity index (χ1n) is 6.75. The first-order chi connectivity index (χ1) is 9.22. The Kier molecular flexibility index (Phi) is 3.34. The lowest BCUT2D eigenvalue weighted by Crippen LogP contribution is -2.36. The molecule has 0 fully saturated rings. The molecule has 0 saturated carbocycles. The summed E-state index contributed by atoms with van der Waals surface area (Å²) in [4.78, 5) is 0. The molecule has 3 nitrogen and oxygen atoms in total. The molecule has 0 spiro atoms. The zero-order chi connectivity index (χ0) is 13.2. The van der Waals surface area contributed by atoms with Gasteiger partial charge < -0.3 is 5.32 Å². The first kappa shape index (κ1) is 12.4. The van der Waals surface area contributed by atoms with Crippen LogP contribution in [-0.2, 0) is 12.8 Å². The van der Waals surface area contributed by atoms with Crippen LogP contribution in [0.1, 0.15) is 36.2 Å². The molecule has 0 radical (unpaired) electrons. The number of aromatic nitrogens is 2. The molecule has 1 aromatic heterocycles. The molecule has 0 unspecified atom stereocenters. The topological polar surface area (TPSA) is 40.7 Å². The van der Waals surface area contributed by atoms with E-state index < -0.39 is 0 Å². The van der Waals surface area contributed by atoms with E-state index in [0.29, 0.717) is 6.04 Å². The lowest BCUT2D eigenvalue weighted by molar-refractivity contribution is 0.411. The van der Waals surface area contributed by atoms with Crippen LogP contribution in [0.2, 0.25) is 0 Å². The van der Waals surface area contributed by atoms with Crippen LogP contribution in [0, 0.1) is 5.82 Å². The summed E-state index contributed by atoms with van der Waals surface area (Å²) in [5, 5.41) is 10.7. The second-order valence-corrected chi connectivity index (χ2v) is 5.26. The lowest BCUT2D eigenvalue weighted by Gasteiger charge is -2.26. The maximum Gasteiger partial charge on any atom is 0.123 e. The number of halogens is 1. The molecule has 1 aliphatic carbocycles. The zero-order valence-corrected chi connectivity index (χ0v) is 11.0. The molecule has 100 valence electrons. The van der Waals surface area contributed by atoms with Crippen molar-refractivity contribution in [3.63, 3.8) is 0 Å². The average Bonchev–Trinajstić information content (AvgIpc) is 2.86. The average molecular weight is 259 g/mol. The van der Waals surface area contributed by atoms with Gasteiger partial charge >= 0.3 is 0 Å². The smallest absolute Gasteiger partial charge is 0.123 e. The summed E-state index contributed by atoms with van der Waals surface area (Å²) < 4.78 is 13.2. The van der Waals surface area contributed by atoms with Gasteiger partial charge in [-0.3, -0.25) is 5.10 Å². The van der Waals surface area contributed by atoms with E-state index in [-0.39, 0.29) is 11.9 Å². The van der Waals surface area contributed by atoms with E-state index in [1.807, 2.05) is 12.3 Å². The van der Waals surface area contributed by atoms with E-state index in [4.69, 9.17) is 0 Å². The quantitative estimate of drug-likeness (QED) is 0.890. The SMILES string of the molecule is C[C@@H](N[C@@H]1CCc2[nH]ncc2C1)c1cccc(F)c1. The van der Waals surface area contributed by atoms with Crippen molar-refractivity contribution in [2.75, 3.05) is 0 Å². The van der Waals surface area contributed by atoms with Gasteiger partial charge in [-0.2, -0.15) is 5.10 Å². The van der Waals surface area contributed by atoms with Crippen LogP contribution in [0.3, 0.4) is 0 Å². The van der Waals surface area contributed by atoms with Gasteiger partial charge in [-0.15, -0.1) is 0 Å². The van der Waals surface area contributed by atoms with Crippen molar-refractivity contribution < 1.29 is 4.39 Å². The van der Waals surface area contributed by atoms with Gasteiger partial charge in [0, 0.05) is 17.8 Å². The maximum absolute atomic E-state index is 13.2. The summed E-state index contributed by atoms with van der Waals surface area (Å²) in [5.74, 6) is -0.174. The minimum absolute atomic E-state index is 0.161. The fourth-order valence-electron chi connectivity index (χ4n) is 2.78. The zero-order valence-electron chi connectivity index (χ0n) is 11.0. The monoisotopic (exact) mass is 259 g/mol. The molecule has 4 heteroatoms. The van der Waals surface area contributed by atoms with Crippen LogP contribution in [0.25, 0.3) is 0 Å². The fourth-order valence-corrected chi connectivity index (χ4v) is 2.78. The Bertz CT molecular complexity index is 564. The Morgan fingerprint density at radius 1 is 1.47 bits per heavy atom. The molecule has 0 aliphatic heterocycles. The van der Waals surface area contributed by atoms with Crippen molar-refractivity contribution in [3.05, 3.63) is 53.1 Å². The Labute approximate surface area is 112 Å². The van der Waals surface area contributed by atoms with E-state index in [1.54, 1.807) is 12.1 Å². The van der Waals surface area contributed by atoms with E-state index >= 15 is 0 Å². The van der Waals surface area contributed by atoms with Crippen molar-refractivity contribution >= 4 is 0 Å². The molecular formula is C15H18FN3. The summed E-state index contributed by atoms with van der Waals surface area (Å²) in [5.41, 5.74) is 3.56. The fraction of sp³-hybridized carbons (Fsp3) is 0.400. The first-order valence-corrected chi connectivity index (χ1v) is 6.75. The number of rotatable bonds is 3. The molecule has 0 amide bonds. The van der Waals surface area contributed by atoms with Gasteiger partial charge in [0.15, 0.2) is 0 Å². The minimum Gasteiger partial charge on any atom is -0.307 e. The Balaban J connectivity index is 1.66. The third-order valence-corrected chi connectivity index (χ3v) is 3.85. The van der Waals surface area contributed by atoms with Crippen molar-refractivity contribution in [1.29, 1.82) is 0 Å². The highest BCUT2D eigenvalue weighted by Crippen LogP contribution is 2.22. The van der Waals surface area contributed by atoms with Gasteiger partial charge in [0.05, 0.1) is 6.20 Å². The summed E-state index contributed by atoms with van der Waals surface area (Å²) in [6.07, 6.45) is 5.03. The molecular weight excluding hydrogens is 241 g/mol. The van der Waals surface area contributed by atoms with E-state index in [9.17, 15) is 4.39 Å². The number of hydrogen-bond acceptors (Lipinski definition) is 2. The van der Waals surface area contributed by atoms with E-state index in [0.717, 1.165) is 24.8 Å². The van der Waals surface area contributed by atoms with Crippen LogP contribution in [0.4, 0.5) is 4.39 Å². The number of nitrogens with zero attached hydrogens (tertiary/aromatic N) is 1. The van der Waals surface area contributed by atoms with Gasteiger partial charge in [0.2, 0.25) is 0 Å². The second kappa shape index (κ2) is 5.13. The third-order valence-electron chi connectivity index (χ3n) is 3.85. The van der Waals surface area contributed by atoms with Crippen LogP contribution in [0.15, 0.2) is 30.5 Å². The molecule has 2 aromatic rings.